The number of piperidine rings is 2. The van der Waals surface area contributed by atoms with E-state index in [-0.39, 0.29) is 5.91 Å². The molecule has 5 rings (SSSR count). The molecule has 2 fully saturated rings. The molecule has 0 radical (unpaired) electrons. The van der Waals surface area contributed by atoms with Gasteiger partial charge in [-0.3, -0.25) is 14.8 Å². The lowest BCUT2D eigenvalue weighted by Crippen LogP contribution is -2.46. The van der Waals surface area contributed by atoms with Crippen molar-refractivity contribution in [2.75, 3.05) is 45.7 Å². The molecule has 3 N–H and O–H groups in total. The molecule has 3 aromatic rings. The molecule has 2 saturated heterocycles. The smallest absolute Gasteiger partial charge is 0.219 e. The molecular weight excluding hydrogens is 518 g/mol. The van der Waals surface area contributed by atoms with Gasteiger partial charge in [-0.2, -0.15) is 0 Å². The van der Waals surface area contributed by atoms with Crippen LogP contribution in [0.3, 0.4) is 0 Å². The van der Waals surface area contributed by atoms with Crippen LogP contribution < -0.4 is 9.88 Å². The second-order valence-corrected chi connectivity index (χ2v) is 11.5. The van der Waals surface area contributed by atoms with Crippen molar-refractivity contribution in [1.29, 1.82) is 0 Å². The lowest BCUT2D eigenvalue weighted by atomic mass is 10.0. The number of carbonyl (C=O) groups excluding carboxylic acids is 1. The lowest BCUT2D eigenvalue weighted by Gasteiger charge is -2.39. The molecule has 7 nitrogen and oxygen atoms in total. The van der Waals surface area contributed by atoms with Crippen molar-refractivity contribution < 1.29 is 9.53 Å². The van der Waals surface area contributed by atoms with Gasteiger partial charge in [0.2, 0.25) is 5.91 Å². The highest BCUT2D eigenvalue weighted by atomic mass is 32.2. The van der Waals surface area contributed by atoms with E-state index in [1.54, 1.807) is 14.0 Å². The van der Waals surface area contributed by atoms with E-state index in [1.165, 1.54) is 81.2 Å². The molecule has 2 aromatic carbocycles. The lowest BCUT2D eigenvalue weighted by molar-refractivity contribution is -0.129. The number of amides is 1. The topological polar surface area (TPSA) is 77.8 Å². The molecule has 2 aliphatic heterocycles. The number of benzene rings is 2. The maximum absolute atomic E-state index is 12.0. The van der Waals surface area contributed by atoms with Crippen LogP contribution in [0.25, 0.3) is 10.9 Å². The number of fused-ring (bicyclic) bond motifs is 1. The predicted octanol–water partition coefficient (Wildman–Crippen LogP) is 5.66. The number of para-hydroxylation sites is 2. The number of ether oxygens (including phenoxy) is 1. The summed E-state index contributed by atoms with van der Waals surface area (Å²) in [6.07, 6.45) is 10.9. The Kier molecular flexibility index (Phi) is 12.2. The van der Waals surface area contributed by atoms with Crippen LogP contribution >= 0.6 is 11.9 Å². The zero-order valence-electron chi connectivity index (χ0n) is 24.3. The normalized spacial score (nSPS) is 16.9. The monoisotopic (exact) mass is 565 g/mol. The molecule has 1 amide bonds. The number of nitrogens with two attached hydrogens (primary N) is 1. The molecule has 0 atom stereocenters. The van der Waals surface area contributed by atoms with Gasteiger partial charge in [-0.25, -0.2) is 0 Å². The first-order valence-corrected chi connectivity index (χ1v) is 15.8. The Balaban J connectivity index is 0.000000210. The molecule has 0 aliphatic carbocycles. The number of nitrogens with zero attached hydrogens (tertiary/aromatic N) is 3. The van der Waals surface area contributed by atoms with Crippen LogP contribution in [0.4, 0.5) is 0 Å². The maximum Gasteiger partial charge on any atom is 0.219 e. The minimum absolute atomic E-state index is 0.0878. The Morgan fingerprint density at radius 1 is 1.02 bits per heavy atom. The van der Waals surface area contributed by atoms with Crippen molar-refractivity contribution in [1.82, 2.24) is 19.7 Å². The van der Waals surface area contributed by atoms with Gasteiger partial charge in [-0.05, 0) is 69.3 Å². The summed E-state index contributed by atoms with van der Waals surface area (Å²) in [5.74, 6) is 1.92. The van der Waals surface area contributed by atoms with Gasteiger partial charge in [-0.1, -0.05) is 54.8 Å². The van der Waals surface area contributed by atoms with Gasteiger partial charge in [0, 0.05) is 61.8 Å². The number of aromatic amines is 1. The standard InChI is InChI=1S/C21H24N2O2.C11H23N3S/c1-16(24)23(15-18-8-3-6-12-21(18)25-2)13-7-9-17-14-22-20-11-5-4-10-19(17)20;12-15-10-13-8-4-11(5-9-13)14-6-2-1-3-7-14/h3-6,8,10-12,14,22H,7,9,13,15H2,1-2H3;11H,1-10,12H2. The first kappa shape index (κ1) is 30.4. The van der Waals surface area contributed by atoms with Crippen molar-refractivity contribution in [2.45, 2.75) is 64.5 Å². The third-order valence-corrected chi connectivity index (χ3v) is 8.78. The summed E-state index contributed by atoms with van der Waals surface area (Å²) in [6, 6.07) is 17.0. The first-order valence-electron chi connectivity index (χ1n) is 14.8. The van der Waals surface area contributed by atoms with Crippen LogP contribution in [0.5, 0.6) is 5.75 Å². The Hall–Kier alpha value is -2.52. The van der Waals surface area contributed by atoms with E-state index in [2.05, 4.69) is 39.2 Å². The van der Waals surface area contributed by atoms with E-state index in [1.807, 2.05) is 35.2 Å². The molecule has 0 saturated carbocycles. The second-order valence-electron chi connectivity index (χ2n) is 11.0. The summed E-state index contributed by atoms with van der Waals surface area (Å²) < 4.78 is 5.40. The number of aryl methyl sites for hydroxylation is 1. The van der Waals surface area contributed by atoms with Gasteiger partial charge in [0.25, 0.3) is 0 Å². The summed E-state index contributed by atoms with van der Waals surface area (Å²) in [4.78, 5) is 22.4. The highest BCUT2D eigenvalue weighted by molar-refractivity contribution is 7.97. The maximum atomic E-state index is 12.0. The number of aromatic nitrogens is 1. The van der Waals surface area contributed by atoms with Crippen LogP contribution in [-0.2, 0) is 17.8 Å². The zero-order chi connectivity index (χ0) is 28.2. The molecular formula is C32H47N5O2S. The largest absolute Gasteiger partial charge is 0.496 e. The third-order valence-electron chi connectivity index (χ3n) is 8.27. The molecule has 2 aliphatic rings. The molecule has 40 heavy (non-hydrogen) atoms. The van der Waals surface area contributed by atoms with Crippen LogP contribution in [0, 0.1) is 0 Å². The van der Waals surface area contributed by atoms with Gasteiger partial charge < -0.3 is 19.5 Å². The van der Waals surface area contributed by atoms with Crippen LogP contribution in [0.15, 0.2) is 54.7 Å². The van der Waals surface area contributed by atoms with Crippen molar-refractivity contribution >= 4 is 28.8 Å². The molecule has 0 unspecified atom stereocenters. The molecule has 8 heteroatoms. The van der Waals surface area contributed by atoms with E-state index in [0.29, 0.717) is 6.54 Å². The number of H-pyrrole nitrogens is 1. The van der Waals surface area contributed by atoms with E-state index in [4.69, 9.17) is 9.88 Å². The van der Waals surface area contributed by atoms with E-state index in [0.717, 1.165) is 48.1 Å². The van der Waals surface area contributed by atoms with Gasteiger partial charge in [-0.15, -0.1) is 0 Å². The summed E-state index contributed by atoms with van der Waals surface area (Å²) in [7, 11) is 1.66. The average Bonchev–Trinajstić information content (AvgIpc) is 3.41. The molecule has 218 valence electrons. The van der Waals surface area contributed by atoms with Crippen LogP contribution in [0.1, 0.15) is 56.6 Å². The van der Waals surface area contributed by atoms with Crippen molar-refractivity contribution in [3.63, 3.8) is 0 Å². The van der Waals surface area contributed by atoms with E-state index in [9.17, 15) is 4.79 Å². The van der Waals surface area contributed by atoms with E-state index < -0.39 is 0 Å². The van der Waals surface area contributed by atoms with Gasteiger partial charge in [0.1, 0.15) is 5.75 Å². The minimum atomic E-state index is 0.0878. The Morgan fingerprint density at radius 2 is 1.75 bits per heavy atom. The highest BCUT2D eigenvalue weighted by Gasteiger charge is 2.25. The van der Waals surface area contributed by atoms with Gasteiger partial charge in [0.05, 0.1) is 13.0 Å². The van der Waals surface area contributed by atoms with Gasteiger partial charge in [0.15, 0.2) is 0 Å². The SMILES string of the molecule is COc1ccccc1CN(CCCc1c[nH]c2ccccc12)C(C)=O.NSCN1CCC(N2CCCCC2)CC1. The van der Waals surface area contributed by atoms with Crippen molar-refractivity contribution in [2.24, 2.45) is 5.14 Å². The van der Waals surface area contributed by atoms with Gasteiger partial charge >= 0.3 is 0 Å². The average molecular weight is 566 g/mol. The molecule has 1 aromatic heterocycles. The summed E-state index contributed by atoms with van der Waals surface area (Å²) in [5.41, 5.74) is 3.50. The zero-order valence-corrected chi connectivity index (χ0v) is 25.1. The summed E-state index contributed by atoms with van der Waals surface area (Å²) >= 11 is 1.46. The number of carbonyl (C=O) groups is 1. The van der Waals surface area contributed by atoms with Crippen molar-refractivity contribution in [3.8, 4) is 5.75 Å². The first-order chi connectivity index (χ1) is 19.6. The molecule has 0 bridgehead atoms. The number of hydrogen-bond donors (Lipinski definition) is 2. The fraction of sp³-hybridized carbons (Fsp3) is 0.531. The predicted molar refractivity (Wildman–Crippen MR) is 167 cm³/mol. The fourth-order valence-electron chi connectivity index (χ4n) is 5.99. The Bertz CT molecular complexity index is 1170. The van der Waals surface area contributed by atoms with E-state index >= 15 is 0 Å². The van der Waals surface area contributed by atoms with Crippen LogP contribution in [-0.4, -0.2) is 77.3 Å². The number of likely N-dealkylation sites (tertiary alicyclic amines) is 2. The van der Waals surface area contributed by atoms with Crippen LogP contribution in [0.2, 0.25) is 0 Å². The molecule has 3 heterocycles. The number of hydrogen-bond acceptors (Lipinski definition) is 6. The summed E-state index contributed by atoms with van der Waals surface area (Å²) in [5, 5.41) is 6.77. The summed E-state index contributed by atoms with van der Waals surface area (Å²) in [6.45, 7) is 8.10. The number of rotatable bonds is 10. The number of nitrogens with one attached hydrogen (secondary N) is 1. The fourth-order valence-corrected chi connectivity index (χ4v) is 6.46. The minimum Gasteiger partial charge on any atom is -0.496 e. The second kappa shape index (κ2) is 16.1. The Labute approximate surface area is 244 Å². The Morgan fingerprint density at radius 3 is 2.48 bits per heavy atom. The third kappa shape index (κ3) is 8.74. The number of methoxy groups -OCH3 is 1. The van der Waals surface area contributed by atoms with Crippen molar-refractivity contribution in [3.05, 3.63) is 65.9 Å². The molecule has 0 spiro atoms. The quantitative estimate of drug-likeness (QED) is 0.309. The highest BCUT2D eigenvalue weighted by Crippen LogP contribution is 2.23.